The van der Waals surface area contributed by atoms with E-state index >= 15 is 0 Å². The molecule has 3 aromatic rings. The zero-order valence-electron chi connectivity index (χ0n) is 14.6. The Bertz CT molecular complexity index is 896. The lowest BCUT2D eigenvalue weighted by molar-refractivity contribution is 0.104. The molecule has 2 heterocycles. The van der Waals surface area contributed by atoms with Crippen molar-refractivity contribution < 1.29 is 18.7 Å². The van der Waals surface area contributed by atoms with Crippen molar-refractivity contribution >= 4 is 23.2 Å². The third-order valence-corrected chi connectivity index (χ3v) is 4.36. The van der Waals surface area contributed by atoms with Gasteiger partial charge in [-0.25, -0.2) is 4.98 Å². The van der Waals surface area contributed by atoms with Gasteiger partial charge >= 0.3 is 0 Å². The minimum Gasteiger partial charge on any atom is -0.494 e. The number of thiazole rings is 1. The van der Waals surface area contributed by atoms with Crippen LogP contribution in [0, 0.1) is 0 Å². The summed E-state index contributed by atoms with van der Waals surface area (Å²) in [5, 5.41) is 2.65. The summed E-state index contributed by atoms with van der Waals surface area (Å²) in [6.07, 6.45) is 4.79. The van der Waals surface area contributed by atoms with Crippen LogP contribution in [0.5, 0.6) is 11.5 Å². The van der Waals surface area contributed by atoms with Crippen LogP contribution in [-0.2, 0) is 0 Å². The molecule has 134 valence electrons. The lowest BCUT2D eigenvalue weighted by Gasteiger charge is -2.10. The Morgan fingerprint density at radius 3 is 2.81 bits per heavy atom. The Labute approximate surface area is 155 Å². The number of carbonyl (C=O) groups excluding carboxylic acids is 1. The molecule has 0 saturated carbocycles. The number of hydrogen-bond donors (Lipinski definition) is 0. The number of hydrogen-bond acceptors (Lipinski definition) is 6. The summed E-state index contributed by atoms with van der Waals surface area (Å²) in [7, 11) is 0. The normalized spacial score (nSPS) is 11.0. The molecule has 0 fully saturated rings. The molecule has 0 aliphatic carbocycles. The van der Waals surface area contributed by atoms with E-state index in [-0.39, 0.29) is 5.78 Å². The molecule has 1 aromatic carbocycles. The van der Waals surface area contributed by atoms with Gasteiger partial charge in [0, 0.05) is 5.38 Å². The molecule has 5 nitrogen and oxygen atoms in total. The number of benzene rings is 1. The molecule has 0 saturated heterocycles. The Kier molecular flexibility index (Phi) is 5.86. The zero-order chi connectivity index (χ0) is 18.4. The third-order valence-electron chi connectivity index (χ3n) is 3.49. The largest absolute Gasteiger partial charge is 0.494 e. The van der Waals surface area contributed by atoms with Crippen LogP contribution in [0.4, 0.5) is 0 Å². The van der Waals surface area contributed by atoms with Crippen LogP contribution in [0.1, 0.15) is 29.9 Å². The maximum absolute atomic E-state index is 12.6. The fourth-order valence-electron chi connectivity index (χ4n) is 2.37. The van der Waals surface area contributed by atoms with E-state index in [9.17, 15) is 4.79 Å². The van der Waals surface area contributed by atoms with Crippen molar-refractivity contribution in [1.29, 1.82) is 0 Å². The molecule has 0 unspecified atom stereocenters. The molecule has 3 rings (SSSR count). The minimum atomic E-state index is -0.164. The van der Waals surface area contributed by atoms with E-state index in [0.29, 0.717) is 41.7 Å². The molecule has 0 aliphatic rings. The Morgan fingerprint density at radius 1 is 1.23 bits per heavy atom. The van der Waals surface area contributed by atoms with Crippen LogP contribution in [0.25, 0.3) is 16.8 Å². The molecule has 0 radical (unpaired) electrons. The second kappa shape index (κ2) is 8.49. The fourth-order valence-corrected chi connectivity index (χ4v) is 3.12. The van der Waals surface area contributed by atoms with Gasteiger partial charge in [-0.3, -0.25) is 4.79 Å². The van der Waals surface area contributed by atoms with E-state index < -0.39 is 0 Å². The number of ether oxygens (including phenoxy) is 2. The second-order valence-electron chi connectivity index (χ2n) is 5.28. The maximum Gasteiger partial charge on any atom is 0.189 e. The number of ketones is 1. The number of nitrogens with zero attached hydrogens (tertiary/aromatic N) is 1. The van der Waals surface area contributed by atoms with Gasteiger partial charge < -0.3 is 13.9 Å². The highest BCUT2D eigenvalue weighted by Crippen LogP contribution is 2.27. The van der Waals surface area contributed by atoms with Gasteiger partial charge in [0.1, 0.15) is 11.5 Å². The van der Waals surface area contributed by atoms with Gasteiger partial charge in [0.25, 0.3) is 0 Å². The van der Waals surface area contributed by atoms with Crippen LogP contribution in [0.15, 0.2) is 52.5 Å². The summed E-state index contributed by atoms with van der Waals surface area (Å²) in [5.74, 6) is 1.73. The number of rotatable bonds is 8. The van der Waals surface area contributed by atoms with E-state index in [2.05, 4.69) is 4.98 Å². The molecule has 6 heteroatoms. The first-order valence-corrected chi connectivity index (χ1v) is 9.20. The summed E-state index contributed by atoms with van der Waals surface area (Å²) in [6.45, 7) is 4.80. The lowest BCUT2D eigenvalue weighted by Crippen LogP contribution is -2.03. The Morgan fingerprint density at radius 2 is 2.08 bits per heavy atom. The third kappa shape index (κ3) is 4.21. The SMILES string of the molecule is CCOc1ccc(OCC)c(C(=O)/C=C\c2csc(-c3ccco3)n2)c1. The quantitative estimate of drug-likeness (QED) is 0.408. The van der Waals surface area contributed by atoms with E-state index in [4.69, 9.17) is 13.9 Å². The van der Waals surface area contributed by atoms with Gasteiger partial charge in [-0.2, -0.15) is 0 Å². The standard InChI is InChI=1S/C20H19NO4S/c1-3-23-15-8-10-18(24-4-2)16(12-15)17(22)9-7-14-13-26-20(21-14)19-6-5-11-25-19/h5-13H,3-4H2,1-2H3/b9-7-. The summed E-state index contributed by atoms with van der Waals surface area (Å²) in [5.41, 5.74) is 1.17. The molecule has 0 amide bonds. The summed E-state index contributed by atoms with van der Waals surface area (Å²) < 4.78 is 16.4. The minimum absolute atomic E-state index is 0.164. The van der Waals surface area contributed by atoms with Crippen LogP contribution in [0.3, 0.4) is 0 Å². The zero-order valence-corrected chi connectivity index (χ0v) is 15.4. The van der Waals surface area contributed by atoms with Crippen LogP contribution < -0.4 is 9.47 Å². The van der Waals surface area contributed by atoms with Crippen LogP contribution in [-0.4, -0.2) is 24.0 Å². The summed E-state index contributed by atoms with van der Waals surface area (Å²) in [4.78, 5) is 17.1. The number of furan rings is 1. The van der Waals surface area contributed by atoms with Crippen molar-refractivity contribution in [1.82, 2.24) is 4.98 Å². The van der Waals surface area contributed by atoms with Crippen LogP contribution in [0.2, 0.25) is 0 Å². The van der Waals surface area contributed by atoms with Crippen molar-refractivity contribution in [3.8, 4) is 22.3 Å². The van der Waals surface area contributed by atoms with Crippen LogP contribution >= 0.6 is 11.3 Å². The highest BCUT2D eigenvalue weighted by Gasteiger charge is 2.12. The Hall–Kier alpha value is -2.86. The predicted octanol–water partition coefficient (Wildman–Crippen LogP) is 5.10. The first kappa shape index (κ1) is 17.9. The predicted molar refractivity (Wildman–Crippen MR) is 102 cm³/mol. The van der Waals surface area contributed by atoms with E-state index in [0.717, 1.165) is 5.01 Å². The summed E-state index contributed by atoms with van der Waals surface area (Å²) >= 11 is 1.46. The highest BCUT2D eigenvalue weighted by molar-refractivity contribution is 7.13. The van der Waals surface area contributed by atoms with Crippen molar-refractivity contribution in [2.24, 2.45) is 0 Å². The molecule has 0 spiro atoms. The number of allylic oxidation sites excluding steroid dienone is 1. The number of carbonyl (C=O) groups is 1. The van der Waals surface area contributed by atoms with Gasteiger partial charge in [0.2, 0.25) is 0 Å². The average Bonchev–Trinajstić information content (AvgIpc) is 3.33. The lowest BCUT2D eigenvalue weighted by atomic mass is 10.1. The topological polar surface area (TPSA) is 61.6 Å². The van der Waals surface area contributed by atoms with Gasteiger partial charge in [-0.05, 0) is 56.3 Å². The fraction of sp³-hybridized carbons (Fsp3) is 0.200. The van der Waals surface area contributed by atoms with Crippen molar-refractivity contribution in [3.63, 3.8) is 0 Å². The van der Waals surface area contributed by atoms with E-state index in [1.165, 1.54) is 17.4 Å². The van der Waals surface area contributed by atoms with Gasteiger partial charge in [0.05, 0.1) is 30.7 Å². The second-order valence-corrected chi connectivity index (χ2v) is 6.13. The van der Waals surface area contributed by atoms with Crippen molar-refractivity contribution in [3.05, 3.63) is 59.3 Å². The van der Waals surface area contributed by atoms with Gasteiger partial charge in [-0.15, -0.1) is 11.3 Å². The van der Waals surface area contributed by atoms with E-state index in [1.807, 2.05) is 31.4 Å². The van der Waals surface area contributed by atoms with Gasteiger partial charge in [-0.1, -0.05) is 0 Å². The molecule has 26 heavy (non-hydrogen) atoms. The Balaban J connectivity index is 1.80. The number of aromatic nitrogens is 1. The van der Waals surface area contributed by atoms with Gasteiger partial charge in [0.15, 0.2) is 16.6 Å². The molecule has 0 atom stereocenters. The smallest absolute Gasteiger partial charge is 0.189 e. The molecule has 0 bridgehead atoms. The molecular weight excluding hydrogens is 350 g/mol. The molecular formula is C20H19NO4S. The van der Waals surface area contributed by atoms with Crippen molar-refractivity contribution in [2.75, 3.05) is 13.2 Å². The average molecular weight is 369 g/mol. The van der Waals surface area contributed by atoms with E-state index in [1.54, 1.807) is 30.5 Å². The molecule has 0 aliphatic heterocycles. The molecule has 0 N–H and O–H groups in total. The first-order valence-electron chi connectivity index (χ1n) is 8.32. The molecule has 2 aromatic heterocycles. The monoisotopic (exact) mass is 369 g/mol. The maximum atomic E-state index is 12.6. The first-order chi connectivity index (χ1) is 12.7. The summed E-state index contributed by atoms with van der Waals surface area (Å²) in [6, 6.07) is 8.93. The highest BCUT2D eigenvalue weighted by atomic mass is 32.1. The van der Waals surface area contributed by atoms with Crippen molar-refractivity contribution in [2.45, 2.75) is 13.8 Å².